The number of hydrogen-bond donors (Lipinski definition) is 0. The molecule has 1 heterocycles. The van der Waals surface area contributed by atoms with Crippen LogP contribution in [0.4, 0.5) is 87.8 Å². The van der Waals surface area contributed by atoms with Gasteiger partial charge in [-0.3, -0.25) is 0 Å². The molecule has 0 bridgehead atoms. The Morgan fingerprint density at radius 3 is 1.01 bits per heavy atom. The molecule has 0 fully saturated rings. The molecule has 0 saturated heterocycles. The summed E-state index contributed by atoms with van der Waals surface area (Å²) >= 11 is 0. The van der Waals surface area contributed by atoms with E-state index >= 15 is 35.1 Å². The highest BCUT2D eigenvalue weighted by atomic mass is 19.2. The van der Waals surface area contributed by atoms with E-state index in [4.69, 9.17) is 4.74 Å². The van der Waals surface area contributed by atoms with Gasteiger partial charge < -0.3 is 4.74 Å². The highest BCUT2D eigenvalue weighted by molar-refractivity contribution is 7.20. The molecule has 362 valence electrons. The standard InChI is InChI=1S/C24BF20.C23H20NO/c26-5-1(6(27)14(35)21(42)13(5)34)25(2-7(28)15(36)22(43)16(37)8(2)29,3-9(30)17(38)23(44)18(39)10(3)31)4-11(32)19(40)24(45)20(41)12(4)33;1-18-11-14-21(15-12-18)25-23-16-13-20-9-5-6-10-22(20)24(23)17-19-7-3-2-4-8-19/h;2-16H,17H2,1H3/q-1;+1. The van der Waals surface area contributed by atoms with Crippen molar-refractivity contribution in [1.82, 2.24) is 0 Å². The molecular formula is C47H20BF20NO. The molecule has 1 aromatic heterocycles. The van der Waals surface area contributed by atoms with E-state index in [1.807, 2.05) is 24.3 Å². The smallest absolute Gasteiger partial charge is 0.374 e. The van der Waals surface area contributed by atoms with Gasteiger partial charge in [-0.15, -0.1) is 21.9 Å². The number of ether oxygens (including phenoxy) is 1. The van der Waals surface area contributed by atoms with Crippen LogP contribution in [0.25, 0.3) is 10.9 Å². The van der Waals surface area contributed by atoms with E-state index in [-0.39, 0.29) is 0 Å². The van der Waals surface area contributed by atoms with Crippen LogP contribution in [0.15, 0.2) is 91.0 Å². The second kappa shape index (κ2) is 19.1. The van der Waals surface area contributed by atoms with Crippen molar-refractivity contribution in [2.75, 3.05) is 0 Å². The third kappa shape index (κ3) is 8.09. The SMILES string of the molecule is Cc1ccc(Oc2ccc3ccccc3[n+]2Cc2ccccc2)cc1.Fc1c(F)c(F)c([B-](c2c(F)c(F)c(F)c(F)c2F)(c2c(F)c(F)c(F)c(F)c2F)c2c(F)c(F)c(F)c(F)c2F)c(F)c1F. The highest BCUT2D eigenvalue weighted by Crippen LogP contribution is 2.31. The maximum atomic E-state index is 15.4. The normalized spacial score (nSPS) is 11.6. The number of para-hydroxylation sites is 1. The number of halogens is 20. The molecule has 2 nitrogen and oxygen atoms in total. The van der Waals surface area contributed by atoms with Crippen LogP contribution in [0.5, 0.6) is 11.6 Å². The highest BCUT2D eigenvalue weighted by Gasteiger charge is 2.52. The first-order valence-corrected chi connectivity index (χ1v) is 19.4. The van der Waals surface area contributed by atoms with E-state index in [2.05, 4.69) is 78.2 Å². The summed E-state index contributed by atoms with van der Waals surface area (Å²) in [7, 11) is 0. The quantitative estimate of drug-likeness (QED) is 0.0486. The molecule has 0 atom stereocenters. The number of hydrogen-bond acceptors (Lipinski definition) is 1. The van der Waals surface area contributed by atoms with Gasteiger partial charge in [0.2, 0.25) is 5.52 Å². The van der Waals surface area contributed by atoms with Crippen molar-refractivity contribution in [3.63, 3.8) is 0 Å². The largest absolute Gasteiger partial charge is 0.405 e. The number of rotatable bonds is 8. The van der Waals surface area contributed by atoms with Gasteiger partial charge in [0.15, 0.2) is 76.4 Å². The van der Waals surface area contributed by atoms with Crippen LogP contribution in [0.2, 0.25) is 0 Å². The van der Waals surface area contributed by atoms with Crippen molar-refractivity contribution in [2.24, 2.45) is 0 Å². The van der Waals surface area contributed by atoms with Crippen LogP contribution in [0.3, 0.4) is 0 Å². The number of pyridine rings is 1. The van der Waals surface area contributed by atoms with Crippen molar-refractivity contribution in [3.8, 4) is 11.6 Å². The molecule has 0 unspecified atom stereocenters. The van der Waals surface area contributed by atoms with Gasteiger partial charge in [-0.05, 0) is 31.2 Å². The number of aryl methyl sites for hydroxylation is 1. The summed E-state index contributed by atoms with van der Waals surface area (Å²) < 4.78 is 302. The average molecular weight is 1010 g/mol. The lowest BCUT2D eigenvalue weighted by Crippen LogP contribution is -2.81. The van der Waals surface area contributed by atoms with Crippen LogP contribution in [0, 0.1) is 123 Å². The lowest BCUT2D eigenvalue weighted by Gasteiger charge is -2.44. The van der Waals surface area contributed by atoms with Crippen LogP contribution in [-0.2, 0) is 6.54 Å². The number of aromatic nitrogens is 1. The molecule has 0 N–H and O–H groups in total. The Morgan fingerprint density at radius 2 is 0.657 bits per heavy atom. The Hall–Kier alpha value is -7.59. The maximum absolute atomic E-state index is 15.4. The third-order valence-corrected chi connectivity index (χ3v) is 11.0. The van der Waals surface area contributed by atoms with E-state index in [9.17, 15) is 52.7 Å². The zero-order valence-corrected chi connectivity index (χ0v) is 34.4. The molecule has 23 heteroatoms. The molecule has 0 amide bonds. The predicted octanol–water partition coefficient (Wildman–Crippen LogP) is 11.1. The van der Waals surface area contributed by atoms with Gasteiger partial charge in [0, 0.05) is 17.0 Å². The van der Waals surface area contributed by atoms with E-state index < -0.39 is 144 Å². The Morgan fingerprint density at radius 1 is 0.343 bits per heavy atom. The number of nitrogens with zero attached hydrogens (tertiary/aromatic N) is 1. The Balaban J connectivity index is 0.000000242. The van der Waals surface area contributed by atoms with E-state index in [1.54, 1.807) is 0 Å². The lowest BCUT2D eigenvalue weighted by atomic mass is 9.12. The van der Waals surface area contributed by atoms with Crippen molar-refractivity contribution in [1.29, 1.82) is 0 Å². The topological polar surface area (TPSA) is 13.1 Å². The monoisotopic (exact) mass is 1010 g/mol. The first kappa shape index (κ1) is 50.3. The molecule has 7 aromatic carbocycles. The van der Waals surface area contributed by atoms with Crippen LogP contribution in [0.1, 0.15) is 11.1 Å². The Labute approximate surface area is 379 Å². The van der Waals surface area contributed by atoms with Gasteiger partial charge in [-0.25, -0.2) is 87.8 Å². The molecule has 0 aliphatic rings. The number of fused-ring (bicyclic) bond motifs is 1. The molecule has 0 aliphatic heterocycles. The van der Waals surface area contributed by atoms with Crippen molar-refractivity contribution < 1.29 is 97.1 Å². The number of benzene rings is 7. The van der Waals surface area contributed by atoms with Gasteiger partial charge >= 0.3 is 5.88 Å². The van der Waals surface area contributed by atoms with E-state index in [1.165, 1.54) is 16.5 Å². The fraction of sp³-hybridized carbons (Fsp3) is 0.0426. The molecule has 0 saturated carbocycles. The predicted molar refractivity (Wildman–Crippen MR) is 210 cm³/mol. The molecule has 0 radical (unpaired) electrons. The van der Waals surface area contributed by atoms with Crippen LogP contribution in [-0.4, -0.2) is 6.15 Å². The minimum absolute atomic E-state index is 0.767. The summed E-state index contributed by atoms with van der Waals surface area (Å²) in [6.45, 7) is 2.85. The molecule has 0 aliphatic carbocycles. The molecule has 0 spiro atoms. The molecule has 8 rings (SSSR count). The van der Waals surface area contributed by atoms with Crippen LogP contribution >= 0.6 is 0 Å². The minimum Gasteiger partial charge on any atom is -0.405 e. The summed E-state index contributed by atoms with van der Waals surface area (Å²) in [4.78, 5) is 0. The average Bonchev–Trinajstić information content (AvgIpc) is 3.35. The Kier molecular flexibility index (Phi) is 13.7. The van der Waals surface area contributed by atoms with Gasteiger partial charge in [0.1, 0.15) is 58.4 Å². The summed E-state index contributed by atoms with van der Waals surface area (Å²) in [6, 6.07) is 31.2. The van der Waals surface area contributed by atoms with Gasteiger partial charge in [-0.2, -0.15) is 4.57 Å². The zero-order valence-electron chi connectivity index (χ0n) is 34.4. The molecule has 8 aromatic rings. The molecule has 70 heavy (non-hydrogen) atoms. The van der Waals surface area contributed by atoms with E-state index in [0.29, 0.717) is 0 Å². The summed E-state index contributed by atoms with van der Waals surface area (Å²) in [5.41, 5.74) is -10.7. The zero-order chi connectivity index (χ0) is 51.4. The van der Waals surface area contributed by atoms with Gasteiger partial charge in [0.25, 0.3) is 0 Å². The van der Waals surface area contributed by atoms with E-state index in [0.717, 1.165) is 23.7 Å². The minimum atomic E-state index is -7.22. The lowest BCUT2D eigenvalue weighted by molar-refractivity contribution is -0.666. The second-order valence-electron chi connectivity index (χ2n) is 15.0. The van der Waals surface area contributed by atoms with Crippen molar-refractivity contribution >= 4 is 38.9 Å². The molecular weight excluding hydrogens is 985 g/mol. The third-order valence-electron chi connectivity index (χ3n) is 11.0. The summed E-state index contributed by atoms with van der Waals surface area (Å²) in [5, 5.41) is 1.20. The fourth-order valence-electron chi connectivity index (χ4n) is 7.86. The summed E-state index contributed by atoms with van der Waals surface area (Å²) in [6.07, 6.45) is -7.22. The maximum Gasteiger partial charge on any atom is 0.374 e. The van der Waals surface area contributed by atoms with Gasteiger partial charge in [-0.1, -0.05) is 60.2 Å². The summed E-state index contributed by atoms with van der Waals surface area (Å²) in [5.74, 6) is -69.7. The Bertz CT molecular complexity index is 3010. The van der Waals surface area contributed by atoms with Crippen molar-refractivity contribution in [3.05, 3.63) is 218 Å². The van der Waals surface area contributed by atoms with Gasteiger partial charge in [0.05, 0.1) is 6.07 Å². The second-order valence-corrected chi connectivity index (χ2v) is 15.0. The fourth-order valence-corrected chi connectivity index (χ4v) is 7.86. The van der Waals surface area contributed by atoms with Crippen molar-refractivity contribution in [2.45, 2.75) is 13.5 Å². The first-order chi connectivity index (χ1) is 33.0. The first-order valence-electron chi connectivity index (χ1n) is 19.4. The van der Waals surface area contributed by atoms with Crippen LogP contribution < -0.4 is 31.2 Å².